The molecule has 4 aromatic rings. The average Bonchev–Trinajstić information content (AvgIpc) is 3.28. The van der Waals surface area contributed by atoms with Crippen LogP contribution in [0.1, 0.15) is 27.1 Å². The number of sulfone groups is 2. The molecule has 0 spiro atoms. The van der Waals surface area contributed by atoms with Gasteiger partial charge >= 0.3 is 0 Å². The molecule has 0 atom stereocenters. The molecule has 10 heteroatoms. The quantitative estimate of drug-likeness (QED) is 0.332. The van der Waals surface area contributed by atoms with Crippen LogP contribution in [-0.2, 0) is 19.7 Å². The topological polar surface area (TPSA) is 109 Å². The third-order valence-electron chi connectivity index (χ3n) is 7.00. The molecule has 0 radical (unpaired) electrons. The van der Waals surface area contributed by atoms with E-state index in [1.165, 1.54) is 72.8 Å². The molecule has 41 heavy (non-hydrogen) atoms. The normalized spacial score (nSPS) is 14.3. The molecule has 2 amide bonds. The lowest BCUT2D eigenvalue weighted by Crippen LogP contribution is -2.37. The predicted molar refractivity (Wildman–Crippen MR) is 153 cm³/mol. The van der Waals surface area contributed by atoms with Crippen molar-refractivity contribution in [1.29, 1.82) is 0 Å². The second-order valence-corrected chi connectivity index (χ2v) is 13.5. The number of benzene rings is 4. The fraction of sp³-hybridized carbons (Fsp3) is 0.161. The molecule has 1 saturated heterocycles. The van der Waals surface area contributed by atoms with Crippen molar-refractivity contribution in [1.82, 2.24) is 9.80 Å². The Morgan fingerprint density at radius 3 is 1.10 bits per heavy atom. The van der Waals surface area contributed by atoms with Crippen LogP contribution in [0.2, 0.25) is 0 Å². The van der Waals surface area contributed by atoms with Gasteiger partial charge in [0.05, 0.1) is 19.6 Å². The van der Waals surface area contributed by atoms with Crippen molar-refractivity contribution in [3.8, 4) is 0 Å². The number of hydrogen-bond donors (Lipinski definition) is 0. The molecule has 1 aliphatic heterocycles. The van der Waals surface area contributed by atoms with E-state index in [-0.39, 0.29) is 31.4 Å². The third-order valence-corrected chi connectivity index (χ3v) is 10.6. The summed E-state index contributed by atoms with van der Waals surface area (Å²) in [5.74, 6) is -0.475. The first-order valence-corrected chi connectivity index (χ1v) is 16.0. The van der Waals surface area contributed by atoms with Gasteiger partial charge in [0.15, 0.2) is 0 Å². The van der Waals surface area contributed by atoms with Gasteiger partial charge in [0, 0.05) is 37.3 Å². The maximum absolute atomic E-state index is 13.2. The zero-order valence-corrected chi connectivity index (χ0v) is 23.7. The highest BCUT2D eigenvalue weighted by molar-refractivity contribution is 7.91. The monoisotopic (exact) mass is 588 g/mol. The van der Waals surface area contributed by atoms with Crippen LogP contribution in [0.3, 0.4) is 0 Å². The Morgan fingerprint density at radius 1 is 0.439 bits per heavy atom. The molecular weight excluding hydrogens is 560 g/mol. The Labute approximate surface area is 239 Å². The van der Waals surface area contributed by atoms with E-state index in [1.54, 1.807) is 46.2 Å². The van der Waals surface area contributed by atoms with Crippen LogP contribution in [0.5, 0.6) is 0 Å². The molecule has 1 aliphatic rings. The van der Waals surface area contributed by atoms with Crippen LogP contribution in [0.4, 0.5) is 0 Å². The number of carbonyl (C=O) groups excluding carboxylic acids is 2. The van der Waals surface area contributed by atoms with E-state index < -0.39 is 19.7 Å². The van der Waals surface area contributed by atoms with Gasteiger partial charge in [0.1, 0.15) is 0 Å². The van der Waals surface area contributed by atoms with Crippen molar-refractivity contribution < 1.29 is 26.4 Å². The Bertz CT molecular complexity index is 1620. The van der Waals surface area contributed by atoms with Crippen molar-refractivity contribution in [2.45, 2.75) is 26.0 Å². The summed E-state index contributed by atoms with van der Waals surface area (Å²) in [4.78, 5) is 30.3. The Hall–Kier alpha value is -4.28. The Balaban J connectivity index is 1.23. The number of rotatable bonds is 6. The zero-order valence-electron chi connectivity index (χ0n) is 22.1. The minimum absolute atomic E-state index is 0.107. The summed E-state index contributed by atoms with van der Waals surface area (Å²) in [6, 6.07) is 28.0. The zero-order chi connectivity index (χ0) is 29.0. The van der Waals surface area contributed by atoms with E-state index >= 15 is 0 Å². The van der Waals surface area contributed by atoms with Crippen LogP contribution in [0.25, 0.3) is 0 Å². The second kappa shape index (κ2) is 11.7. The smallest absolute Gasteiger partial charge is 0.253 e. The van der Waals surface area contributed by atoms with Gasteiger partial charge in [-0.25, -0.2) is 16.8 Å². The van der Waals surface area contributed by atoms with Gasteiger partial charge in [-0.1, -0.05) is 36.4 Å². The molecule has 4 aromatic carbocycles. The number of nitrogens with zero attached hydrogens (tertiary/aromatic N) is 2. The van der Waals surface area contributed by atoms with E-state index in [0.717, 1.165) is 0 Å². The van der Waals surface area contributed by atoms with Gasteiger partial charge in [-0.05, 0) is 79.2 Å². The molecule has 0 unspecified atom stereocenters. The highest BCUT2D eigenvalue weighted by atomic mass is 32.2. The summed E-state index contributed by atoms with van der Waals surface area (Å²) in [6.07, 6.45) is 0.568. The summed E-state index contributed by atoms with van der Waals surface area (Å²) in [6.45, 7) is 1.52. The number of amides is 2. The maximum atomic E-state index is 13.2. The van der Waals surface area contributed by atoms with E-state index in [0.29, 0.717) is 43.7 Å². The Morgan fingerprint density at radius 2 is 0.756 bits per heavy atom. The fourth-order valence-electron chi connectivity index (χ4n) is 4.71. The molecule has 0 bridgehead atoms. The minimum atomic E-state index is -3.68. The predicted octanol–water partition coefficient (Wildman–Crippen LogP) is 4.34. The Kier molecular flexibility index (Phi) is 8.05. The van der Waals surface area contributed by atoms with Gasteiger partial charge in [-0.15, -0.1) is 0 Å². The molecule has 8 nitrogen and oxygen atoms in total. The summed E-state index contributed by atoms with van der Waals surface area (Å²) in [5.41, 5.74) is 0.735. The molecule has 5 rings (SSSR count). The van der Waals surface area contributed by atoms with Gasteiger partial charge in [-0.3, -0.25) is 9.59 Å². The SMILES string of the molecule is O=C(c1ccc(S(=O)(=O)c2ccccc2)cc1)N1CCCN(C(=O)c2ccc(S(=O)(=O)c3ccccc3)cc2)CC1. The molecule has 0 aliphatic carbocycles. The fourth-order valence-corrected chi connectivity index (χ4v) is 7.28. The molecule has 0 N–H and O–H groups in total. The van der Waals surface area contributed by atoms with Crippen LogP contribution in [0.15, 0.2) is 129 Å². The molecular formula is C31H28N2O6S2. The largest absolute Gasteiger partial charge is 0.337 e. The lowest BCUT2D eigenvalue weighted by Gasteiger charge is -2.22. The molecule has 1 heterocycles. The lowest BCUT2D eigenvalue weighted by molar-refractivity contribution is 0.0718. The van der Waals surface area contributed by atoms with Gasteiger partial charge in [0.25, 0.3) is 11.8 Å². The first-order valence-electron chi connectivity index (χ1n) is 13.1. The highest BCUT2D eigenvalue weighted by Gasteiger charge is 2.25. The molecule has 0 aromatic heterocycles. The summed E-state index contributed by atoms with van der Waals surface area (Å²) in [5, 5.41) is 0. The van der Waals surface area contributed by atoms with Crippen molar-refractivity contribution in [3.05, 3.63) is 120 Å². The summed E-state index contributed by atoms with van der Waals surface area (Å²) >= 11 is 0. The van der Waals surface area contributed by atoms with Crippen LogP contribution in [0, 0.1) is 0 Å². The van der Waals surface area contributed by atoms with Crippen molar-refractivity contribution in [2.24, 2.45) is 0 Å². The van der Waals surface area contributed by atoms with Crippen molar-refractivity contribution >= 4 is 31.5 Å². The van der Waals surface area contributed by atoms with Crippen LogP contribution >= 0.6 is 0 Å². The van der Waals surface area contributed by atoms with Crippen molar-refractivity contribution in [2.75, 3.05) is 26.2 Å². The third kappa shape index (κ3) is 5.94. The van der Waals surface area contributed by atoms with E-state index in [1.807, 2.05) is 0 Å². The molecule has 1 fully saturated rings. The van der Waals surface area contributed by atoms with Gasteiger partial charge in [0.2, 0.25) is 19.7 Å². The summed E-state index contributed by atoms with van der Waals surface area (Å²) in [7, 11) is -7.37. The van der Waals surface area contributed by atoms with Gasteiger partial charge < -0.3 is 9.80 Å². The van der Waals surface area contributed by atoms with E-state index in [4.69, 9.17) is 0 Å². The first kappa shape index (κ1) is 28.3. The average molecular weight is 589 g/mol. The van der Waals surface area contributed by atoms with E-state index in [2.05, 4.69) is 0 Å². The van der Waals surface area contributed by atoms with E-state index in [9.17, 15) is 26.4 Å². The summed E-state index contributed by atoms with van der Waals surface area (Å²) < 4.78 is 51.4. The van der Waals surface area contributed by atoms with Crippen molar-refractivity contribution in [3.63, 3.8) is 0 Å². The minimum Gasteiger partial charge on any atom is -0.337 e. The highest BCUT2D eigenvalue weighted by Crippen LogP contribution is 2.23. The standard InChI is InChI=1S/C31H28N2O6S2/c34-30(24-12-16-28(17-13-24)40(36,37)26-8-3-1-4-9-26)32-20-7-21-33(23-22-32)31(35)25-14-18-29(19-15-25)41(38,39)27-10-5-2-6-11-27/h1-6,8-19H,7,20-23H2. The van der Waals surface area contributed by atoms with Crippen LogP contribution < -0.4 is 0 Å². The first-order chi connectivity index (χ1) is 19.7. The van der Waals surface area contributed by atoms with Gasteiger partial charge in [-0.2, -0.15) is 0 Å². The number of hydrogen-bond acceptors (Lipinski definition) is 6. The van der Waals surface area contributed by atoms with Crippen LogP contribution in [-0.4, -0.2) is 64.6 Å². The maximum Gasteiger partial charge on any atom is 0.253 e. The molecule has 210 valence electrons. The lowest BCUT2D eigenvalue weighted by atomic mass is 10.2. The molecule has 0 saturated carbocycles. The second-order valence-electron chi connectivity index (χ2n) is 9.62. The number of carbonyl (C=O) groups is 2.